The SMILES string of the molecule is CCC(C)N(CC(=O)O)C(=O)Nc1ccccc1. The molecule has 0 saturated carbocycles. The number of nitrogens with zero attached hydrogens (tertiary/aromatic N) is 1. The number of benzene rings is 1. The van der Waals surface area contributed by atoms with Gasteiger partial charge < -0.3 is 15.3 Å². The molecular weight excluding hydrogens is 232 g/mol. The molecule has 2 N–H and O–H groups in total. The molecular formula is C13H18N2O3. The molecule has 5 heteroatoms. The Morgan fingerprint density at radius 3 is 2.44 bits per heavy atom. The largest absolute Gasteiger partial charge is 0.480 e. The highest BCUT2D eigenvalue weighted by atomic mass is 16.4. The fraction of sp³-hybridized carbons (Fsp3) is 0.385. The van der Waals surface area contributed by atoms with Gasteiger partial charge in [-0.15, -0.1) is 0 Å². The van der Waals surface area contributed by atoms with Crippen LogP contribution >= 0.6 is 0 Å². The van der Waals surface area contributed by atoms with Crippen molar-refractivity contribution in [3.8, 4) is 0 Å². The number of hydrogen-bond donors (Lipinski definition) is 2. The van der Waals surface area contributed by atoms with Crippen molar-refractivity contribution in [2.45, 2.75) is 26.3 Å². The minimum atomic E-state index is -1.02. The monoisotopic (exact) mass is 250 g/mol. The van der Waals surface area contributed by atoms with Crippen molar-refractivity contribution in [3.05, 3.63) is 30.3 Å². The summed E-state index contributed by atoms with van der Waals surface area (Å²) in [5, 5.41) is 11.5. The second-order valence-electron chi connectivity index (χ2n) is 4.08. The van der Waals surface area contributed by atoms with Crippen LogP contribution in [0.4, 0.5) is 10.5 Å². The van der Waals surface area contributed by atoms with Crippen LogP contribution in [0.2, 0.25) is 0 Å². The van der Waals surface area contributed by atoms with E-state index >= 15 is 0 Å². The second-order valence-corrected chi connectivity index (χ2v) is 4.08. The fourth-order valence-electron chi connectivity index (χ4n) is 1.51. The Balaban J connectivity index is 2.73. The molecule has 2 amide bonds. The number of carboxylic acids is 1. The van der Waals surface area contributed by atoms with Gasteiger partial charge in [0.1, 0.15) is 6.54 Å². The van der Waals surface area contributed by atoms with Crippen LogP contribution in [-0.4, -0.2) is 34.6 Å². The summed E-state index contributed by atoms with van der Waals surface area (Å²) >= 11 is 0. The van der Waals surface area contributed by atoms with Gasteiger partial charge in [0.25, 0.3) is 0 Å². The molecule has 0 radical (unpaired) electrons. The van der Waals surface area contributed by atoms with E-state index in [0.717, 1.165) is 0 Å². The normalized spacial score (nSPS) is 11.7. The fourth-order valence-corrected chi connectivity index (χ4v) is 1.51. The first-order valence-electron chi connectivity index (χ1n) is 5.89. The zero-order valence-electron chi connectivity index (χ0n) is 10.6. The van der Waals surface area contributed by atoms with Gasteiger partial charge in [-0.3, -0.25) is 4.79 Å². The van der Waals surface area contributed by atoms with Crippen LogP contribution in [0.3, 0.4) is 0 Å². The minimum Gasteiger partial charge on any atom is -0.480 e. The summed E-state index contributed by atoms with van der Waals surface area (Å²) in [5.74, 6) is -1.02. The van der Waals surface area contributed by atoms with E-state index in [2.05, 4.69) is 5.32 Å². The van der Waals surface area contributed by atoms with Crippen molar-refractivity contribution >= 4 is 17.7 Å². The van der Waals surface area contributed by atoms with E-state index in [4.69, 9.17) is 5.11 Å². The van der Waals surface area contributed by atoms with Crippen LogP contribution in [-0.2, 0) is 4.79 Å². The number of anilines is 1. The molecule has 98 valence electrons. The lowest BCUT2D eigenvalue weighted by atomic mass is 10.2. The molecule has 1 rings (SSSR count). The zero-order chi connectivity index (χ0) is 13.5. The van der Waals surface area contributed by atoms with Crippen molar-refractivity contribution in [3.63, 3.8) is 0 Å². The van der Waals surface area contributed by atoms with Crippen molar-refractivity contribution in [1.29, 1.82) is 0 Å². The zero-order valence-corrected chi connectivity index (χ0v) is 10.6. The number of para-hydroxylation sites is 1. The Bertz CT molecular complexity index is 406. The van der Waals surface area contributed by atoms with E-state index in [-0.39, 0.29) is 12.6 Å². The Morgan fingerprint density at radius 1 is 1.33 bits per heavy atom. The lowest BCUT2D eigenvalue weighted by Gasteiger charge is -2.27. The first-order chi connectivity index (χ1) is 8.54. The minimum absolute atomic E-state index is 0.121. The van der Waals surface area contributed by atoms with Gasteiger partial charge >= 0.3 is 12.0 Å². The molecule has 0 aliphatic rings. The van der Waals surface area contributed by atoms with E-state index in [0.29, 0.717) is 12.1 Å². The molecule has 0 spiro atoms. The Hall–Kier alpha value is -2.04. The molecule has 0 fully saturated rings. The average Bonchev–Trinajstić information content (AvgIpc) is 2.36. The quantitative estimate of drug-likeness (QED) is 0.843. The van der Waals surface area contributed by atoms with Crippen LogP contribution in [0.15, 0.2) is 30.3 Å². The first kappa shape index (κ1) is 14.0. The second kappa shape index (κ2) is 6.64. The Kier molecular flexibility index (Phi) is 5.17. The number of carboxylic acid groups (broad SMARTS) is 1. The number of urea groups is 1. The summed E-state index contributed by atoms with van der Waals surface area (Å²) in [6.45, 7) is 3.44. The summed E-state index contributed by atoms with van der Waals surface area (Å²) in [6, 6.07) is 8.46. The molecule has 0 bridgehead atoms. The maximum atomic E-state index is 12.0. The van der Waals surface area contributed by atoms with Crippen LogP contribution < -0.4 is 5.32 Å². The number of rotatable bonds is 5. The standard InChI is InChI=1S/C13H18N2O3/c1-3-10(2)15(9-12(16)17)13(18)14-11-7-5-4-6-8-11/h4-8,10H,3,9H2,1-2H3,(H,14,18)(H,16,17). The molecule has 0 aliphatic carbocycles. The van der Waals surface area contributed by atoms with Gasteiger partial charge in [-0.05, 0) is 25.5 Å². The van der Waals surface area contributed by atoms with Gasteiger partial charge in [-0.1, -0.05) is 25.1 Å². The number of aliphatic carboxylic acids is 1. The predicted molar refractivity (Wildman–Crippen MR) is 69.6 cm³/mol. The summed E-state index contributed by atoms with van der Waals surface area (Å²) < 4.78 is 0. The molecule has 0 saturated heterocycles. The highest BCUT2D eigenvalue weighted by Crippen LogP contribution is 2.10. The molecule has 18 heavy (non-hydrogen) atoms. The number of carbonyl (C=O) groups excluding carboxylic acids is 1. The van der Waals surface area contributed by atoms with Crippen LogP contribution in [0.25, 0.3) is 0 Å². The molecule has 1 unspecified atom stereocenters. The Labute approximate surface area is 106 Å². The van der Waals surface area contributed by atoms with Gasteiger partial charge in [0, 0.05) is 11.7 Å². The van der Waals surface area contributed by atoms with Crippen molar-refractivity contribution < 1.29 is 14.7 Å². The molecule has 1 aromatic carbocycles. The lowest BCUT2D eigenvalue weighted by molar-refractivity contribution is -0.138. The van der Waals surface area contributed by atoms with Crippen molar-refractivity contribution in [1.82, 2.24) is 4.90 Å². The third-order valence-electron chi connectivity index (χ3n) is 2.71. The van der Waals surface area contributed by atoms with Crippen molar-refractivity contribution in [2.24, 2.45) is 0 Å². The molecule has 0 heterocycles. The maximum absolute atomic E-state index is 12.0. The van der Waals surface area contributed by atoms with Crippen LogP contribution in [0, 0.1) is 0 Å². The van der Waals surface area contributed by atoms with Gasteiger partial charge in [-0.2, -0.15) is 0 Å². The first-order valence-corrected chi connectivity index (χ1v) is 5.89. The summed E-state index contributed by atoms with van der Waals surface area (Å²) in [5.41, 5.74) is 0.654. The van der Waals surface area contributed by atoms with Gasteiger partial charge in [0.2, 0.25) is 0 Å². The van der Waals surface area contributed by atoms with Crippen LogP contribution in [0.5, 0.6) is 0 Å². The third kappa shape index (κ3) is 4.08. The highest BCUT2D eigenvalue weighted by molar-refractivity contribution is 5.91. The Morgan fingerprint density at radius 2 is 1.94 bits per heavy atom. The molecule has 1 aromatic rings. The summed E-state index contributed by atoms with van der Waals surface area (Å²) in [6.07, 6.45) is 0.704. The van der Waals surface area contributed by atoms with Gasteiger partial charge in [0.05, 0.1) is 0 Å². The summed E-state index contributed by atoms with van der Waals surface area (Å²) in [4.78, 5) is 24.1. The van der Waals surface area contributed by atoms with Crippen LogP contribution in [0.1, 0.15) is 20.3 Å². The topological polar surface area (TPSA) is 69.6 Å². The molecule has 0 aliphatic heterocycles. The van der Waals surface area contributed by atoms with E-state index in [1.165, 1.54) is 4.90 Å². The molecule has 0 aromatic heterocycles. The maximum Gasteiger partial charge on any atom is 0.323 e. The third-order valence-corrected chi connectivity index (χ3v) is 2.71. The number of carbonyl (C=O) groups is 2. The van der Waals surface area contributed by atoms with Crippen molar-refractivity contribution in [2.75, 3.05) is 11.9 Å². The van der Waals surface area contributed by atoms with Gasteiger partial charge in [0.15, 0.2) is 0 Å². The number of amides is 2. The molecule has 5 nitrogen and oxygen atoms in total. The number of nitrogens with one attached hydrogen (secondary N) is 1. The summed E-state index contributed by atoms with van der Waals surface area (Å²) in [7, 11) is 0. The highest BCUT2D eigenvalue weighted by Gasteiger charge is 2.21. The number of hydrogen-bond acceptors (Lipinski definition) is 2. The predicted octanol–water partition coefficient (Wildman–Crippen LogP) is 2.40. The van der Waals surface area contributed by atoms with E-state index in [1.54, 1.807) is 24.3 Å². The van der Waals surface area contributed by atoms with E-state index in [9.17, 15) is 9.59 Å². The van der Waals surface area contributed by atoms with Gasteiger partial charge in [-0.25, -0.2) is 4.79 Å². The van der Waals surface area contributed by atoms with E-state index < -0.39 is 12.0 Å². The molecule has 1 atom stereocenters. The average molecular weight is 250 g/mol. The lowest BCUT2D eigenvalue weighted by Crippen LogP contribution is -2.44. The van der Waals surface area contributed by atoms with E-state index in [1.807, 2.05) is 19.9 Å². The smallest absolute Gasteiger partial charge is 0.323 e.